The molecule has 18 heavy (non-hydrogen) atoms. The van der Waals surface area contributed by atoms with Crippen molar-refractivity contribution in [2.24, 2.45) is 0 Å². The fourth-order valence-electron chi connectivity index (χ4n) is 2.42. The van der Waals surface area contributed by atoms with Crippen LogP contribution in [0.1, 0.15) is 43.9 Å². The molecule has 1 N–H and O–H groups in total. The van der Waals surface area contributed by atoms with E-state index in [0.717, 1.165) is 24.3 Å². The van der Waals surface area contributed by atoms with Crippen LogP contribution in [0.3, 0.4) is 0 Å². The quantitative estimate of drug-likeness (QED) is 0.882. The van der Waals surface area contributed by atoms with Gasteiger partial charge in [-0.05, 0) is 18.9 Å². The predicted molar refractivity (Wildman–Crippen MR) is 66.2 cm³/mol. The van der Waals surface area contributed by atoms with Crippen molar-refractivity contribution < 1.29 is 4.52 Å². The van der Waals surface area contributed by atoms with Crippen molar-refractivity contribution in [1.82, 2.24) is 15.1 Å². The molecule has 0 aliphatic heterocycles. The van der Waals surface area contributed by atoms with Gasteiger partial charge in [0.25, 0.3) is 0 Å². The molecule has 94 valence electrons. The van der Waals surface area contributed by atoms with Gasteiger partial charge in [-0.3, -0.25) is 4.79 Å². The first-order valence-corrected chi connectivity index (χ1v) is 6.35. The molecule has 2 aromatic heterocycles. The van der Waals surface area contributed by atoms with Gasteiger partial charge in [-0.25, -0.2) is 0 Å². The van der Waals surface area contributed by atoms with Crippen LogP contribution in [0.2, 0.25) is 0 Å². The first kappa shape index (κ1) is 11.2. The van der Waals surface area contributed by atoms with Gasteiger partial charge in [-0.15, -0.1) is 0 Å². The highest BCUT2D eigenvalue weighted by atomic mass is 16.5. The van der Waals surface area contributed by atoms with Crippen molar-refractivity contribution in [3.63, 3.8) is 0 Å². The molecular weight excluding hydrogens is 230 g/mol. The molecule has 1 fully saturated rings. The van der Waals surface area contributed by atoms with Crippen molar-refractivity contribution in [1.29, 1.82) is 0 Å². The highest BCUT2D eigenvalue weighted by Crippen LogP contribution is 2.32. The molecule has 1 aliphatic rings. The van der Waals surface area contributed by atoms with Crippen molar-refractivity contribution in [2.75, 3.05) is 0 Å². The number of rotatable bonds is 2. The number of pyridine rings is 1. The third-order valence-electron chi connectivity index (χ3n) is 3.44. The van der Waals surface area contributed by atoms with Gasteiger partial charge in [-0.2, -0.15) is 4.98 Å². The van der Waals surface area contributed by atoms with Crippen molar-refractivity contribution in [2.45, 2.75) is 38.0 Å². The van der Waals surface area contributed by atoms with E-state index in [-0.39, 0.29) is 5.56 Å². The monoisotopic (exact) mass is 245 g/mol. The molecule has 2 aromatic rings. The summed E-state index contributed by atoms with van der Waals surface area (Å²) in [5.41, 5.74) is 0.648. The summed E-state index contributed by atoms with van der Waals surface area (Å²) >= 11 is 0. The normalized spacial score (nSPS) is 16.9. The third kappa shape index (κ3) is 2.20. The Hall–Kier alpha value is -1.91. The zero-order chi connectivity index (χ0) is 12.4. The molecule has 0 unspecified atom stereocenters. The number of hydrogen-bond donors (Lipinski definition) is 1. The van der Waals surface area contributed by atoms with Crippen LogP contribution < -0.4 is 5.56 Å². The summed E-state index contributed by atoms with van der Waals surface area (Å²) in [5.74, 6) is 1.69. The van der Waals surface area contributed by atoms with Crippen LogP contribution in [0, 0.1) is 0 Å². The number of aromatic nitrogens is 3. The summed E-state index contributed by atoms with van der Waals surface area (Å²) < 4.78 is 5.34. The smallest absolute Gasteiger partial charge is 0.247 e. The highest BCUT2D eigenvalue weighted by Gasteiger charge is 2.21. The Morgan fingerprint density at radius 2 is 2.06 bits per heavy atom. The van der Waals surface area contributed by atoms with Crippen LogP contribution >= 0.6 is 0 Å². The third-order valence-corrected chi connectivity index (χ3v) is 3.44. The van der Waals surface area contributed by atoms with Crippen LogP contribution in [0.25, 0.3) is 11.4 Å². The topological polar surface area (TPSA) is 71.8 Å². The fraction of sp³-hybridized carbons (Fsp3) is 0.462. The van der Waals surface area contributed by atoms with E-state index in [1.807, 2.05) is 0 Å². The maximum Gasteiger partial charge on any atom is 0.247 e. The summed E-state index contributed by atoms with van der Waals surface area (Å²) in [7, 11) is 0. The molecule has 0 saturated heterocycles. The second-order valence-corrected chi connectivity index (χ2v) is 4.73. The number of H-pyrrole nitrogens is 1. The molecule has 0 aromatic carbocycles. The molecule has 3 rings (SSSR count). The van der Waals surface area contributed by atoms with E-state index in [1.165, 1.54) is 25.3 Å². The van der Waals surface area contributed by atoms with Gasteiger partial charge in [0.15, 0.2) is 0 Å². The van der Waals surface area contributed by atoms with E-state index < -0.39 is 0 Å². The van der Waals surface area contributed by atoms with Gasteiger partial charge in [0.2, 0.25) is 17.3 Å². The molecule has 0 atom stereocenters. The van der Waals surface area contributed by atoms with Gasteiger partial charge in [-0.1, -0.05) is 24.4 Å². The predicted octanol–water partition coefficient (Wildman–Crippen LogP) is 2.47. The lowest BCUT2D eigenvalue weighted by Crippen LogP contribution is -2.04. The van der Waals surface area contributed by atoms with Crippen LogP contribution in [-0.4, -0.2) is 15.1 Å². The molecule has 0 bridgehead atoms. The molecule has 5 nitrogen and oxygen atoms in total. The number of hydrogen-bond acceptors (Lipinski definition) is 4. The zero-order valence-electron chi connectivity index (χ0n) is 10.1. The Morgan fingerprint density at radius 1 is 1.22 bits per heavy atom. The minimum absolute atomic E-state index is 0.130. The van der Waals surface area contributed by atoms with Crippen molar-refractivity contribution >= 4 is 0 Å². The SMILES string of the molecule is O=c1ccc(-c2noc(C3CCCCC3)n2)c[nH]1. The zero-order valence-corrected chi connectivity index (χ0v) is 10.1. The Labute approximate surface area is 104 Å². The van der Waals surface area contributed by atoms with Gasteiger partial charge in [0.05, 0.1) is 0 Å². The van der Waals surface area contributed by atoms with E-state index in [0.29, 0.717) is 11.7 Å². The van der Waals surface area contributed by atoms with E-state index in [2.05, 4.69) is 15.1 Å². The molecular formula is C13H15N3O2. The number of nitrogens with zero attached hydrogens (tertiary/aromatic N) is 2. The Kier molecular flexibility index (Phi) is 2.96. The number of nitrogens with one attached hydrogen (secondary N) is 1. The molecule has 5 heteroatoms. The van der Waals surface area contributed by atoms with Gasteiger partial charge >= 0.3 is 0 Å². The lowest BCUT2D eigenvalue weighted by atomic mass is 9.89. The summed E-state index contributed by atoms with van der Waals surface area (Å²) in [6.45, 7) is 0. The summed E-state index contributed by atoms with van der Waals surface area (Å²) in [5, 5.41) is 3.98. The molecule has 1 saturated carbocycles. The highest BCUT2D eigenvalue weighted by molar-refractivity contribution is 5.51. The molecule has 0 amide bonds. The maximum atomic E-state index is 11.0. The van der Waals surface area contributed by atoms with Gasteiger partial charge in [0.1, 0.15) is 0 Å². The van der Waals surface area contributed by atoms with E-state index in [9.17, 15) is 4.79 Å². The molecule has 2 heterocycles. The minimum atomic E-state index is -0.130. The standard InChI is InChI=1S/C13H15N3O2/c17-11-7-6-10(8-14-11)12-15-13(18-16-12)9-4-2-1-3-5-9/h6-9H,1-5H2,(H,14,17). The molecule has 1 aliphatic carbocycles. The summed E-state index contributed by atoms with van der Waals surface area (Å²) in [6.07, 6.45) is 7.65. The largest absolute Gasteiger partial charge is 0.339 e. The van der Waals surface area contributed by atoms with E-state index >= 15 is 0 Å². The molecule has 0 spiro atoms. The van der Waals surface area contributed by atoms with Crippen molar-refractivity contribution in [3.8, 4) is 11.4 Å². The van der Waals surface area contributed by atoms with E-state index in [4.69, 9.17) is 4.52 Å². The Balaban J connectivity index is 1.84. The fourth-order valence-corrected chi connectivity index (χ4v) is 2.42. The van der Waals surface area contributed by atoms with Gasteiger partial charge < -0.3 is 9.51 Å². The average Bonchev–Trinajstić information content (AvgIpc) is 2.90. The number of aromatic amines is 1. The lowest BCUT2D eigenvalue weighted by molar-refractivity contribution is 0.314. The Morgan fingerprint density at radius 3 is 2.78 bits per heavy atom. The minimum Gasteiger partial charge on any atom is -0.339 e. The summed E-state index contributed by atoms with van der Waals surface area (Å²) in [6, 6.07) is 3.17. The van der Waals surface area contributed by atoms with E-state index in [1.54, 1.807) is 12.3 Å². The van der Waals surface area contributed by atoms with Gasteiger partial charge in [0, 0.05) is 23.7 Å². The molecule has 0 radical (unpaired) electrons. The first-order chi connectivity index (χ1) is 8.83. The first-order valence-electron chi connectivity index (χ1n) is 6.35. The Bertz CT molecular complexity index is 561. The van der Waals surface area contributed by atoms with Crippen LogP contribution in [0.5, 0.6) is 0 Å². The summed E-state index contributed by atoms with van der Waals surface area (Å²) in [4.78, 5) is 18.0. The second-order valence-electron chi connectivity index (χ2n) is 4.73. The van der Waals surface area contributed by atoms with Crippen molar-refractivity contribution in [3.05, 3.63) is 34.6 Å². The average molecular weight is 245 g/mol. The lowest BCUT2D eigenvalue weighted by Gasteiger charge is -2.17. The van der Waals surface area contributed by atoms with Crippen LogP contribution in [0.15, 0.2) is 27.6 Å². The second kappa shape index (κ2) is 4.76. The van der Waals surface area contributed by atoms with Crippen LogP contribution in [0.4, 0.5) is 0 Å². The maximum absolute atomic E-state index is 11.0. The van der Waals surface area contributed by atoms with Crippen LogP contribution in [-0.2, 0) is 0 Å².